The summed E-state index contributed by atoms with van der Waals surface area (Å²) in [6.07, 6.45) is -1.04. The molecule has 1 atom stereocenters. The number of hydrogen-bond acceptors (Lipinski definition) is 3. The molecule has 0 aliphatic carbocycles. The first-order valence-corrected chi connectivity index (χ1v) is 6.03. The normalized spacial score (nSPS) is 13.8. The molecule has 0 spiro atoms. The molecule has 0 amide bonds. The fraction of sp³-hybridized carbons (Fsp3) is 0.385. The van der Waals surface area contributed by atoms with E-state index >= 15 is 0 Å². The van der Waals surface area contributed by atoms with Crippen LogP contribution in [0.4, 0.5) is 13.2 Å². The maximum Gasteiger partial charge on any atom is 0.416 e. The van der Waals surface area contributed by atoms with Crippen molar-refractivity contribution < 1.29 is 18.3 Å². The van der Waals surface area contributed by atoms with Gasteiger partial charge in [-0.1, -0.05) is 0 Å². The highest BCUT2D eigenvalue weighted by atomic mass is 19.4. The topological polar surface area (TPSA) is 50.9 Å². The molecule has 20 heavy (non-hydrogen) atoms. The van der Waals surface area contributed by atoms with Gasteiger partial charge in [0.25, 0.3) is 0 Å². The second-order valence-electron chi connectivity index (χ2n) is 4.68. The van der Waals surface area contributed by atoms with E-state index in [1.807, 2.05) is 13.8 Å². The van der Waals surface area contributed by atoms with Crippen molar-refractivity contribution in [2.45, 2.75) is 32.2 Å². The predicted molar refractivity (Wildman–Crippen MR) is 65.9 cm³/mol. The van der Waals surface area contributed by atoms with Crippen molar-refractivity contribution in [1.29, 1.82) is 0 Å². The molecule has 0 saturated carbocycles. The molecule has 1 N–H and O–H groups in total. The largest absolute Gasteiger partial charge is 0.416 e. The standard InChI is InChI=1S/C13H14F3N3O/c1-8(2)19-7-18-6-11(19)12(20)9-5-17-4-3-10(9)13(14,15)16/h3-8,12,20H,1-2H3. The van der Waals surface area contributed by atoms with Crippen LogP contribution in [0.1, 0.15) is 42.8 Å². The third-order valence-electron chi connectivity index (χ3n) is 2.98. The number of aliphatic hydroxyl groups is 1. The number of nitrogens with zero attached hydrogens (tertiary/aromatic N) is 3. The summed E-state index contributed by atoms with van der Waals surface area (Å²) >= 11 is 0. The fourth-order valence-corrected chi connectivity index (χ4v) is 2.00. The van der Waals surface area contributed by atoms with Crippen molar-refractivity contribution in [3.05, 3.63) is 47.8 Å². The van der Waals surface area contributed by atoms with E-state index in [9.17, 15) is 18.3 Å². The Hall–Kier alpha value is -1.89. The number of imidazole rings is 1. The SMILES string of the molecule is CC(C)n1cncc1C(O)c1cnccc1C(F)(F)F. The molecular weight excluding hydrogens is 271 g/mol. The van der Waals surface area contributed by atoms with Crippen molar-refractivity contribution in [1.82, 2.24) is 14.5 Å². The lowest BCUT2D eigenvalue weighted by atomic mass is 10.0. The molecule has 2 aromatic rings. The minimum atomic E-state index is -4.54. The Bertz CT molecular complexity index is 593. The highest BCUT2D eigenvalue weighted by Gasteiger charge is 2.36. The summed E-state index contributed by atoms with van der Waals surface area (Å²) in [6, 6.07) is 0.836. The van der Waals surface area contributed by atoms with E-state index in [1.54, 1.807) is 4.57 Å². The van der Waals surface area contributed by atoms with Crippen LogP contribution >= 0.6 is 0 Å². The molecule has 7 heteroatoms. The molecule has 2 rings (SSSR count). The number of pyridine rings is 1. The van der Waals surface area contributed by atoms with Crippen LogP contribution in [-0.4, -0.2) is 19.6 Å². The number of alkyl halides is 3. The molecule has 0 saturated heterocycles. The first kappa shape index (κ1) is 14.5. The van der Waals surface area contributed by atoms with Crippen LogP contribution in [0.25, 0.3) is 0 Å². The van der Waals surface area contributed by atoms with Gasteiger partial charge in [0.15, 0.2) is 0 Å². The lowest BCUT2D eigenvalue weighted by Crippen LogP contribution is -2.16. The van der Waals surface area contributed by atoms with Gasteiger partial charge in [-0.25, -0.2) is 4.98 Å². The Labute approximate surface area is 113 Å². The van der Waals surface area contributed by atoms with Crippen LogP contribution in [-0.2, 0) is 6.18 Å². The quantitative estimate of drug-likeness (QED) is 0.943. The third-order valence-corrected chi connectivity index (χ3v) is 2.98. The molecular formula is C13H14F3N3O. The molecule has 2 aromatic heterocycles. The number of aliphatic hydroxyl groups excluding tert-OH is 1. The summed E-state index contributed by atoms with van der Waals surface area (Å²) in [4.78, 5) is 7.56. The van der Waals surface area contributed by atoms with Crippen LogP contribution in [0.3, 0.4) is 0 Å². The molecule has 0 aromatic carbocycles. The Morgan fingerprint density at radius 1 is 1.20 bits per heavy atom. The molecule has 2 heterocycles. The number of halogens is 3. The lowest BCUT2D eigenvalue weighted by molar-refractivity contribution is -0.139. The van der Waals surface area contributed by atoms with Gasteiger partial charge in [-0.05, 0) is 19.9 Å². The van der Waals surface area contributed by atoms with Crippen molar-refractivity contribution in [3.8, 4) is 0 Å². The summed E-state index contributed by atoms with van der Waals surface area (Å²) in [7, 11) is 0. The average Bonchev–Trinajstić information content (AvgIpc) is 2.86. The molecule has 0 radical (unpaired) electrons. The monoisotopic (exact) mass is 285 g/mol. The van der Waals surface area contributed by atoms with Crippen molar-refractivity contribution in [3.63, 3.8) is 0 Å². The zero-order chi connectivity index (χ0) is 14.9. The van der Waals surface area contributed by atoms with Gasteiger partial charge in [0, 0.05) is 24.0 Å². The minimum absolute atomic E-state index is 0.0202. The van der Waals surface area contributed by atoms with Crippen LogP contribution in [0, 0.1) is 0 Å². The summed E-state index contributed by atoms with van der Waals surface area (Å²) < 4.78 is 40.5. The van der Waals surface area contributed by atoms with Gasteiger partial charge in [0.1, 0.15) is 6.10 Å². The highest BCUT2D eigenvalue weighted by Crippen LogP contribution is 2.36. The zero-order valence-electron chi connectivity index (χ0n) is 11.0. The lowest BCUT2D eigenvalue weighted by Gasteiger charge is -2.19. The van der Waals surface area contributed by atoms with E-state index in [1.165, 1.54) is 12.5 Å². The van der Waals surface area contributed by atoms with Crippen molar-refractivity contribution in [2.24, 2.45) is 0 Å². The van der Waals surface area contributed by atoms with E-state index in [0.717, 1.165) is 18.5 Å². The average molecular weight is 285 g/mol. The van der Waals surface area contributed by atoms with Gasteiger partial charge in [0.2, 0.25) is 0 Å². The summed E-state index contributed by atoms with van der Waals surface area (Å²) in [5, 5.41) is 10.3. The predicted octanol–water partition coefficient (Wildman–Crippen LogP) is 2.96. The first-order valence-electron chi connectivity index (χ1n) is 6.03. The third kappa shape index (κ3) is 2.67. The van der Waals surface area contributed by atoms with Crippen molar-refractivity contribution in [2.75, 3.05) is 0 Å². The van der Waals surface area contributed by atoms with E-state index < -0.39 is 17.8 Å². The van der Waals surface area contributed by atoms with Crippen LogP contribution in [0.2, 0.25) is 0 Å². The molecule has 1 unspecified atom stereocenters. The zero-order valence-corrected chi connectivity index (χ0v) is 11.0. The van der Waals surface area contributed by atoms with Crippen molar-refractivity contribution >= 4 is 0 Å². The summed E-state index contributed by atoms with van der Waals surface area (Å²) in [5.41, 5.74) is -0.864. The Morgan fingerprint density at radius 3 is 2.50 bits per heavy atom. The summed E-state index contributed by atoms with van der Waals surface area (Å²) in [5.74, 6) is 0. The second kappa shape index (κ2) is 5.24. The molecule has 0 aliphatic heterocycles. The molecule has 4 nitrogen and oxygen atoms in total. The van der Waals surface area contributed by atoms with Gasteiger partial charge >= 0.3 is 6.18 Å². The van der Waals surface area contributed by atoms with Crippen LogP contribution in [0.5, 0.6) is 0 Å². The highest BCUT2D eigenvalue weighted by molar-refractivity contribution is 5.32. The van der Waals surface area contributed by atoms with E-state index in [-0.39, 0.29) is 11.6 Å². The first-order chi connectivity index (χ1) is 9.32. The number of hydrogen-bond donors (Lipinski definition) is 1. The molecule has 0 fully saturated rings. The second-order valence-corrected chi connectivity index (χ2v) is 4.68. The van der Waals surface area contributed by atoms with Gasteiger partial charge < -0.3 is 9.67 Å². The van der Waals surface area contributed by atoms with E-state index in [0.29, 0.717) is 5.69 Å². The van der Waals surface area contributed by atoms with E-state index in [4.69, 9.17) is 0 Å². The summed E-state index contributed by atoms with van der Waals surface area (Å²) in [6.45, 7) is 3.71. The van der Waals surface area contributed by atoms with Gasteiger partial charge in [-0.3, -0.25) is 4.98 Å². The molecule has 108 valence electrons. The smallest absolute Gasteiger partial charge is 0.382 e. The van der Waals surface area contributed by atoms with E-state index in [2.05, 4.69) is 9.97 Å². The molecule has 0 aliphatic rings. The van der Waals surface area contributed by atoms with Gasteiger partial charge in [0.05, 0.1) is 23.8 Å². The fourth-order valence-electron chi connectivity index (χ4n) is 2.00. The Kier molecular flexibility index (Phi) is 3.80. The number of rotatable bonds is 3. The number of aromatic nitrogens is 3. The maximum atomic E-state index is 12.9. The molecule has 0 bridgehead atoms. The maximum absolute atomic E-state index is 12.9. The minimum Gasteiger partial charge on any atom is -0.382 e. The van der Waals surface area contributed by atoms with Crippen LogP contribution < -0.4 is 0 Å². The van der Waals surface area contributed by atoms with Gasteiger partial charge in [-0.2, -0.15) is 13.2 Å². The Balaban J connectivity index is 2.49. The Morgan fingerprint density at radius 2 is 1.90 bits per heavy atom. The van der Waals surface area contributed by atoms with Crippen LogP contribution in [0.15, 0.2) is 31.0 Å². The van der Waals surface area contributed by atoms with Gasteiger partial charge in [-0.15, -0.1) is 0 Å².